The maximum absolute atomic E-state index is 12.5. The van der Waals surface area contributed by atoms with E-state index < -0.39 is 5.91 Å². The van der Waals surface area contributed by atoms with Crippen molar-refractivity contribution in [2.75, 3.05) is 17.7 Å². The molecule has 8 heteroatoms. The summed E-state index contributed by atoms with van der Waals surface area (Å²) in [7, 11) is 3.23. The Labute approximate surface area is 163 Å². The highest BCUT2D eigenvalue weighted by Crippen LogP contribution is 2.25. The molecule has 0 bridgehead atoms. The molecular weight excluding hydrogens is 358 g/mol. The molecule has 1 fully saturated rings. The van der Waals surface area contributed by atoms with Crippen molar-refractivity contribution in [3.63, 3.8) is 0 Å². The highest BCUT2D eigenvalue weighted by Gasteiger charge is 2.23. The molecule has 3 rings (SSSR count). The monoisotopic (exact) mass is 383 g/mol. The molecule has 28 heavy (non-hydrogen) atoms. The summed E-state index contributed by atoms with van der Waals surface area (Å²) in [6, 6.07) is 8.19. The Morgan fingerprint density at radius 2 is 1.79 bits per heavy atom. The van der Waals surface area contributed by atoms with Crippen LogP contribution in [0.5, 0.6) is 0 Å². The van der Waals surface area contributed by atoms with Gasteiger partial charge in [0.1, 0.15) is 5.82 Å². The number of anilines is 2. The van der Waals surface area contributed by atoms with Crippen LogP contribution in [0.3, 0.4) is 0 Å². The van der Waals surface area contributed by atoms with E-state index >= 15 is 0 Å². The largest absolute Gasteiger partial charge is 0.355 e. The first kappa shape index (κ1) is 19.6. The van der Waals surface area contributed by atoms with Crippen molar-refractivity contribution in [1.29, 1.82) is 0 Å². The number of hydrogen-bond acceptors (Lipinski definition) is 4. The lowest BCUT2D eigenvalue weighted by molar-refractivity contribution is -0.120. The Balaban J connectivity index is 1.67. The fraction of sp³-hybridized carbons (Fsp3) is 0.400. The van der Waals surface area contributed by atoms with E-state index in [0.29, 0.717) is 17.1 Å². The van der Waals surface area contributed by atoms with Crippen molar-refractivity contribution < 1.29 is 14.4 Å². The van der Waals surface area contributed by atoms with Gasteiger partial charge in [0.25, 0.3) is 11.8 Å². The number of rotatable bonds is 5. The SMILES string of the molecule is CNC(=O)c1cccc(NC(=O)c2cc(NC(=O)C3CCCCC3)n(C)n2)c1. The predicted octanol–water partition coefficient (Wildman–Crippen LogP) is 2.55. The maximum atomic E-state index is 12.5. The van der Waals surface area contributed by atoms with Gasteiger partial charge in [0, 0.05) is 37.3 Å². The number of amides is 3. The minimum Gasteiger partial charge on any atom is -0.355 e. The van der Waals surface area contributed by atoms with Gasteiger partial charge in [-0.25, -0.2) is 0 Å². The summed E-state index contributed by atoms with van der Waals surface area (Å²) in [5, 5.41) is 12.3. The van der Waals surface area contributed by atoms with Crippen molar-refractivity contribution in [3.05, 3.63) is 41.6 Å². The number of aromatic nitrogens is 2. The van der Waals surface area contributed by atoms with E-state index in [1.54, 1.807) is 44.4 Å². The van der Waals surface area contributed by atoms with Crippen LogP contribution in [0.2, 0.25) is 0 Å². The first-order valence-electron chi connectivity index (χ1n) is 9.46. The van der Waals surface area contributed by atoms with Gasteiger partial charge in [0.05, 0.1) is 0 Å². The van der Waals surface area contributed by atoms with Gasteiger partial charge in [-0.1, -0.05) is 25.3 Å². The van der Waals surface area contributed by atoms with Crippen LogP contribution in [0.15, 0.2) is 30.3 Å². The van der Waals surface area contributed by atoms with E-state index in [-0.39, 0.29) is 23.4 Å². The smallest absolute Gasteiger partial charge is 0.276 e. The molecule has 3 N–H and O–H groups in total. The van der Waals surface area contributed by atoms with Crippen LogP contribution in [-0.2, 0) is 11.8 Å². The van der Waals surface area contributed by atoms with Gasteiger partial charge in [-0.2, -0.15) is 5.10 Å². The van der Waals surface area contributed by atoms with E-state index in [9.17, 15) is 14.4 Å². The van der Waals surface area contributed by atoms with Crippen LogP contribution in [0, 0.1) is 5.92 Å². The van der Waals surface area contributed by atoms with Crippen molar-refractivity contribution in [1.82, 2.24) is 15.1 Å². The lowest BCUT2D eigenvalue weighted by atomic mass is 9.89. The molecule has 148 valence electrons. The third kappa shape index (κ3) is 4.57. The third-order valence-corrected chi connectivity index (χ3v) is 4.95. The Hall–Kier alpha value is -3.16. The first-order chi connectivity index (χ1) is 13.5. The predicted molar refractivity (Wildman–Crippen MR) is 106 cm³/mol. The van der Waals surface area contributed by atoms with Crippen LogP contribution in [0.1, 0.15) is 53.0 Å². The first-order valence-corrected chi connectivity index (χ1v) is 9.46. The van der Waals surface area contributed by atoms with Crippen LogP contribution in [0.25, 0.3) is 0 Å². The standard InChI is InChI=1S/C20H25N5O3/c1-21-18(26)14-9-6-10-15(11-14)22-20(28)16-12-17(25(2)24-16)23-19(27)13-7-4-3-5-8-13/h6,9-13H,3-5,7-8H2,1-2H3,(H,21,26)(H,22,28)(H,23,27). The van der Waals surface area contributed by atoms with Crippen LogP contribution < -0.4 is 16.0 Å². The van der Waals surface area contributed by atoms with Crippen LogP contribution in [-0.4, -0.2) is 34.5 Å². The number of benzene rings is 1. The van der Waals surface area contributed by atoms with Crippen LogP contribution in [0.4, 0.5) is 11.5 Å². The van der Waals surface area contributed by atoms with Gasteiger partial charge in [0.2, 0.25) is 5.91 Å². The molecule has 0 radical (unpaired) electrons. The summed E-state index contributed by atoms with van der Waals surface area (Å²) in [6.45, 7) is 0. The number of nitrogens with one attached hydrogen (secondary N) is 3. The molecule has 1 saturated carbocycles. The third-order valence-electron chi connectivity index (χ3n) is 4.95. The van der Waals surface area contributed by atoms with E-state index in [0.717, 1.165) is 25.7 Å². The fourth-order valence-electron chi connectivity index (χ4n) is 3.37. The average Bonchev–Trinajstić information content (AvgIpc) is 3.08. The van der Waals surface area contributed by atoms with Gasteiger partial charge in [-0.3, -0.25) is 19.1 Å². The summed E-state index contributed by atoms with van der Waals surface area (Å²) in [5.41, 5.74) is 1.12. The molecule has 8 nitrogen and oxygen atoms in total. The normalized spacial score (nSPS) is 14.4. The lowest BCUT2D eigenvalue weighted by Gasteiger charge is -2.20. The highest BCUT2D eigenvalue weighted by atomic mass is 16.2. The van der Waals surface area contributed by atoms with Gasteiger partial charge in [0.15, 0.2) is 5.69 Å². The molecule has 0 saturated heterocycles. The second kappa shape index (κ2) is 8.69. The minimum atomic E-state index is -0.414. The summed E-state index contributed by atoms with van der Waals surface area (Å²) in [5.74, 6) is -0.161. The fourth-order valence-corrected chi connectivity index (χ4v) is 3.37. The molecule has 1 heterocycles. The second-order valence-corrected chi connectivity index (χ2v) is 6.98. The number of hydrogen-bond donors (Lipinski definition) is 3. The number of nitrogens with zero attached hydrogens (tertiary/aromatic N) is 2. The van der Waals surface area contributed by atoms with E-state index in [1.165, 1.54) is 11.1 Å². The molecular formula is C20H25N5O3. The summed E-state index contributed by atoms with van der Waals surface area (Å²) < 4.78 is 1.48. The number of carbonyl (C=O) groups excluding carboxylic acids is 3. The molecule has 1 aromatic carbocycles. The molecule has 0 spiro atoms. The Morgan fingerprint density at radius 3 is 2.50 bits per heavy atom. The van der Waals surface area contributed by atoms with Crippen molar-refractivity contribution >= 4 is 29.2 Å². The molecule has 0 aliphatic heterocycles. The van der Waals surface area contributed by atoms with Crippen molar-refractivity contribution in [3.8, 4) is 0 Å². The summed E-state index contributed by atoms with van der Waals surface area (Å²) >= 11 is 0. The van der Waals surface area contributed by atoms with Crippen molar-refractivity contribution in [2.24, 2.45) is 13.0 Å². The van der Waals surface area contributed by atoms with Crippen LogP contribution >= 0.6 is 0 Å². The Morgan fingerprint density at radius 1 is 1.04 bits per heavy atom. The summed E-state index contributed by atoms with van der Waals surface area (Å²) in [6.07, 6.45) is 5.14. The zero-order valence-electron chi connectivity index (χ0n) is 16.1. The van der Waals surface area contributed by atoms with Gasteiger partial charge < -0.3 is 16.0 Å². The molecule has 3 amide bonds. The van der Waals surface area contributed by atoms with Gasteiger partial charge in [-0.05, 0) is 31.0 Å². The molecule has 1 aromatic heterocycles. The Bertz CT molecular complexity index is 884. The molecule has 1 aliphatic carbocycles. The zero-order chi connectivity index (χ0) is 20.1. The lowest BCUT2D eigenvalue weighted by Crippen LogP contribution is -2.25. The molecule has 0 atom stereocenters. The number of carbonyl (C=O) groups is 3. The number of aryl methyl sites for hydroxylation is 1. The van der Waals surface area contributed by atoms with E-state index in [2.05, 4.69) is 21.0 Å². The Kier molecular flexibility index (Phi) is 6.08. The zero-order valence-corrected chi connectivity index (χ0v) is 16.1. The van der Waals surface area contributed by atoms with Gasteiger partial charge >= 0.3 is 0 Å². The topological polar surface area (TPSA) is 105 Å². The molecule has 0 unspecified atom stereocenters. The summed E-state index contributed by atoms with van der Waals surface area (Å²) in [4.78, 5) is 36.7. The quantitative estimate of drug-likeness (QED) is 0.738. The molecule has 1 aliphatic rings. The van der Waals surface area contributed by atoms with Gasteiger partial charge in [-0.15, -0.1) is 0 Å². The van der Waals surface area contributed by atoms with E-state index in [4.69, 9.17) is 0 Å². The second-order valence-electron chi connectivity index (χ2n) is 6.98. The molecule has 2 aromatic rings. The average molecular weight is 383 g/mol. The highest BCUT2D eigenvalue weighted by molar-refractivity contribution is 6.05. The minimum absolute atomic E-state index is 0.0204. The van der Waals surface area contributed by atoms with Crippen molar-refractivity contribution in [2.45, 2.75) is 32.1 Å². The maximum Gasteiger partial charge on any atom is 0.276 e. The van der Waals surface area contributed by atoms with E-state index in [1.807, 2.05) is 0 Å².